The minimum Gasteiger partial charge on any atom is -0.353 e. The van der Waals surface area contributed by atoms with Crippen LogP contribution in [0, 0.1) is 0 Å². The van der Waals surface area contributed by atoms with E-state index in [-0.39, 0.29) is 17.9 Å². The van der Waals surface area contributed by atoms with Crippen molar-refractivity contribution in [2.24, 2.45) is 0 Å². The van der Waals surface area contributed by atoms with Gasteiger partial charge in [0, 0.05) is 45.3 Å². The Hall–Kier alpha value is -2.89. The number of carbonyl (C=O) groups excluding carboxylic acids is 2. The normalized spacial score (nSPS) is 20.2. The Balaban J connectivity index is 1.39. The summed E-state index contributed by atoms with van der Waals surface area (Å²) in [6, 6.07) is 15.4. The molecule has 1 atom stereocenters. The first kappa shape index (κ1) is 17.5. The van der Waals surface area contributed by atoms with Gasteiger partial charge in [0.1, 0.15) is 11.9 Å². The van der Waals surface area contributed by atoms with E-state index in [9.17, 15) is 9.59 Å². The van der Waals surface area contributed by atoms with Gasteiger partial charge in [0.05, 0.1) is 0 Å². The maximum Gasteiger partial charge on any atom is 0.245 e. The molecule has 2 fully saturated rings. The highest BCUT2D eigenvalue weighted by atomic mass is 16.2. The summed E-state index contributed by atoms with van der Waals surface area (Å²) in [5, 5.41) is 0. The first-order chi connectivity index (χ1) is 13.2. The van der Waals surface area contributed by atoms with Gasteiger partial charge in [-0.05, 0) is 24.1 Å². The van der Waals surface area contributed by atoms with Gasteiger partial charge < -0.3 is 14.7 Å². The Morgan fingerprint density at radius 1 is 1.00 bits per heavy atom. The zero-order valence-corrected chi connectivity index (χ0v) is 15.3. The summed E-state index contributed by atoms with van der Waals surface area (Å²) in [5.74, 6) is 1.10. The molecular weight excluding hydrogens is 340 g/mol. The number of carbonyl (C=O) groups is 2. The molecule has 1 unspecified atom stereocenters. The van der Waals surface area contributed by atoms with E-state index < -0.39 is 0 Å². The summed E-state index contributed by atoms with van der Waals surface area (Å²) >= 11 is 0. The van der Waals surface area contributed by atoms with E-state index in [0.29, 0.717) is 32.5 Å². The van der Waals surface area contributed by atoms with Gasteiger partial charge in [0.15, 0.2) is 0 Å². The molecule has 3 heterocycles. The van der Waals surface area contributed by atoms with Crippen molar-refractivity contribution in [1.82, 2.24) is 14.8 Å². The topological polar surface area (TPSA) is 56.8 Å². The van der Waals surface area contributed by atoms with E-state index in [1.54, 1.807) is 11.1 Å². The third-order valence-corrected chi connectivity index (χ3v) is 5.37. The van der Waals surface area contributed by atoms with Crippen molar-refractivity contribution in [3.8, 4) is 0 Å². The molecule has 2 aliphatic rings. The first-order valence-corrected chi connectivity index (χ1v) is 9.50. The molecule has 0 N–H and O–H groups in total. The fraction of sp³-hybridized carbons (Fsp3) is 0.381. The van der Waals surface area contributed by atoms with Crippen molar-refractivity contribution in [3.05, 3.63) is 60.3 Å². The molecule has 0 bridgehead atoms. The number of aromatic nitrogens is 1. The van der Waals surface area contributed by atoms with E-state index in [0.717, 1.165) is 24.5 Å². The maximum atomic E-state index is 13.1. The number of likely N-dealkylation sites (tertiary alicyclic amines) is 1. The molecule has 0 aliphatic carbocycles. The van der Waals surface area contributed by atoms with E-state index >= 15 is 0 Å². The summed E-state index contributed by atoms with van der Waals surface area (Å²) in [6.45, 7) is 3.37. The minimum atomic E-state index is -0.334. The zero-order chi connectivity index (χ0) is 18.6. The summed E-state index contributed by atoms with van der Waals surface area (Å²) in [6.07, 6.45) is 2.86. The second-order valence-electron chi connectivity index (χ2n) is 7.06. The lowest BCUT2D eigenvalue weighted by Crippen LogP contribution is -2.54. The van der Waals surface area contributed by atoms with Crippen LogP contribution in [-0.2, 0) is 16.1 Å². The number of hydrogen-bond acceptors (Lipinski definition) is 4. The predicted octanol–water partition coefficient (Wildman–Crippen LogP) is 1.92. The molecule has 2 amide bonds. The van der Waals surface area contributed by atoms with E-state index in [1.807, 2.05) is 53.4 Å². The van der Waals surface area contributed by atoms with Crippen molar-refractivity contribution in [1.29, 1.82) is 0 Å². The second kappa shape index (κ2) is 7.78. The number of benzene rings is 1. The smallest absolute Gasteiger partial charge is 0.245 e. The lowest BCUT2D eigenvalue weighted by molar-refractivity contribution is -0.142. The maximum absolute atomic E-state index is 13.1. The zero-order valence-electron chi connectivity index (χ0n) is 15.3. The minimum absolute atomic E-state index is 0.0734. The Morgan fingerprint density at radius 2 is 1.74 bits per heavy atom. The molecule has 2 aromatic rings. The van der Waals surface area contributed by atoms with Gasteiger partial charge in [-0.2, -0.15) is 0 Å². The van der Waals surface area contributed by atoms with Gasteiger partial charge in [-0.3, -0.25) is 9.59 Å². The van der Waals surface area contributed by atoms with Crippen LogP contribution in [0.25, 0.3) is 0 Å². The third-order valence-electron chi connectivity index (χ3n) is 5.37. The quantitative estimate of drug-likeness (QED) is 0.832. The molecule has 140 valence electrons. The van der Waals surface area contributed by atoms with Crippen LogP contribution < -0.4 is 4.90 Å². The van der Waals surface area contributed by atoms with Gasteiger partial charge in [0.2, 0.25) is 11.8 Å². The van der Waals surface area contributed by atoms with Crippen LogP contribution in [0.5, 0.6) is 0 Å². The number of anilines is 1. The van der Waals surface area contributed by atoms with Crippen molar-refractivity contribution in [3.63, 3.8) is 0 Å². The standard InChI is InChI=1S/C21H24N4O2/c26-20-10-9-18(25(20)16-17-6-2-1-3-7-17)21(27)24-14-12-23(13-15-24)19-8-4-5-11-22-19/h1-8,11,18H,9-10,12-16H2. The molecule has 6 nitrogen and oxygen atoms in total. The lowest BCUT2D eigenvalue weighted by Gasteiger charge is -2.37. The highest BCUT2D eigenvalue weighted by Gasteiger charge is 2.38. The molecule has 2 saturated heterocycles. The van der Waals surface area contributed by atoms with Gasteiger partial charge in [0.25, 0.3) is 0 Å². The van der Waals surface area contributed by atoms with E-state index in [1.165, 1.54) is 0 Å². The van der Waals surface area contributed by atoms with Crippen LogP contribution in [0.4, 0.5) is 5.82 Å². The third kappa shape index (κ3) is 3.79. The Morgan fingerprint density at radius 3 is 2.44 bits per heavy atom. The van der Waals surface area contributed by atoms with Crippen LogP contribution in [0.2, 0.25) is 0 Å². The number of pyridine rings is 1. The average molecular weight is 364 g/mol. The van der Waals surface area contributed by atoms with Gasteiger partial charge in [-0.1, -0.05) is 36.4 Å². The number of rotatable bonds is 4. The Kier molecular flexibility index (Phi) is 5.05. The molecule has 0 radical (unpaired) electrons. The molecule has 0 saturated carbocycles. The molecule has 2 aliphatic heterocycles. The SMILES string of the molecule is O=C(C1CCC(=O)N1Cc1ccccc1)N1CCN(c2ccccn2)CC1. The van der Waals surface area contributed by atoms with Crippen LogP contribution in [0.3, 0.4) is 0 Å². The Labute approximate surface area is 159 Å². The summed E-state index contributed by atoms with van der Waals surface area (Å²) in [5.41, 5.74) is 1.06. The van der Waals surface area contributed by atoms with Gasteiger partial charge in [-0.25, -0.2) is 4.98 Å². The van der Waals surface area contributed by atoms with Crippen molar-refractivity contribution < 1.29 is 9.59 Å². The Bertz CT molecular complexity index is 788. The molecule has 1 aromatic heterocycles. The molecular formula is C21H24N4O2. The highest BCUT2D eigenvalue weighted by Crippen LogP contribution is 2.24. The van der Waals surface area contributed by atoms with Crippen molar-refractivity contribution >= 4 is 17.6 Å². The highest BCUT2D eigenvalue weighted by molar-refractivity contribution is 5.91. The molecule has 0 spiro atoms. The van der Waals surface area contributed by atoms with Crippen molar-refractivity contribution in [2.45, 2.75) is 25.4 Å². The molecule has 27 heavy (non-hydrogen) atoms. The monoisotopic (exact) mass is 364 g/mol. The number of nitrogens with zero attached hydrogens (tertiary/aromatic N) is 4. The van der Waals surface area contributed by atoms with E-state index in [2.05, 4.69) is 9.88 Å². The summed E-state index contributed by atoms with van der Waals surface area (Å²) in [4.78, 5) is 35.7. The molecule has 4 rings (SSSR count). The summed E-state index contributed by atoms with van der Waals surface area (Å²) in [7, 11) is 0. The molecule has 1 aromatic carbocycles. The van der Waals surface area contributed by atoms with Crippen molar-refractivity contribution in [2.75, 3.05) is 31.1 Å². The average Bonchev–Trinajstić information content (AvgIpc) is 3.09. The lowest BCUT2D eigenvalue weighted by atomic mass is 10.1. The summed E-state index contributed by atoms with van der Waals surface area (Å²) < 4.78 is 0. The van der Waals surface area contributed by atoms with Gasteiger partial charge >= 0.3 is 0 Å². The number of piperazine rings is 1. The predicted molar refractivity (Wildman–Crippen MR) is 103 cm³/mol. The fourth-order valence-electron chi connectivity index (χ4n) is 3.88. The number of hydrogen-bond donors (Lipinski definition) is 0. The molecule has 6 heteroatoms. The second-order valence-corrected chi connectivity index (χ2v) is 7.06. The van der Waals surface area contributed by atoms with E-state index in [4.69, 9.17) is 0 Å². The van der Waals surface area contributed by atoms with Crippen LogP contribution >= 0.6 is 0 Å². The largest absolute Gasteiger partial charge is 0.353 e. The van der Waals surface area contributed by atoms with Crippen LogP contribution in [0.1, 0.15) is 18.4 Å². The van der Waals surface area contributed by atoms with Crippen LogP contribution in [-0.4, -0.2) is 58.8 Å². The first-order valence-electron chi connectivity index (χ1n) is 9.50. The van der Waals surface area contributed by atoms with Gasteiger partial charge in [-0.15, -0.1) is 0 Å². The van der Waals surface area contributed by atoms with Crippen LogP contribution in [0.15, 0.2) is 54.7 Å². The fourth-order valence-corrected chi connectivity index (χ4v) is 3.88. The number of amides is 2.